The normalized spacial score (nSPS) is 18.6. The number of amides is 1. The largest absolute Gasteiger partial charge is 0.448 e. The molecule has 0 saturated heterocycles. The van der Waals surface area contributed by atoms with Crippen LogP contribution in [0.5, 0.6) is 0 Å². The molecule has 1 amide bonds. The fourth-order valence-corrected chi connectivity index (χ4v) is 4.68. The maximum atomic E-state index is 14.2. The van der Waals surface area contributed by atoms with Gasteiger partial charge in [0, 0.05) is 44.3 Å². The zero-order valence-electron chi connectivity index (χ0n) is 20.8. The Morgan fingerprint density at radius 1 is 1.26 bits per heavy atom. The highest BCUT2D eigenvalue weighted by molar-refractivity contribution is 5.71. The summed E-state index contributed by atoms with van der Waals surface area (Å²) in [6.07, 6.45) is 3.81. The molecule has 0 bridgehead atoms. The van der Waals surface area contributed by atoms with E-state index in [4.69, 9.17) is 14.2 Å². The number of carbonyl (C=O) groups excluding carboxylic acids is 1. The van der Waals surface area contributed by atoms with Crippen LogP contribution in [0.3, 0.4) is 0 Å². The molecule has 1 N–H and O–H groups in total. The number of nitrogens with one attached hydrogen (secondary N) is 1. The topological polar surface area (TPSA) is 77.8 Å². The number of hydrogen-bond acceptors (Lipinski definition) is 6. The van der Waals surface area contributed by atoms with E-state index in [2.05, 4.69) is 16.5 Å². The van der Waals surface area contributed by atoms with Crippen LogP contribution in [-0.4, -0.2) is 80.4 Å². The summed E-state index contributed by atoms with van der Waals surface area (Å²) in [5, 5.41) is 7.00. The molecule has 0 atom stereocenters. The first kappa shape index (κ1) is 26.6. The highest BCUT2D eigenvalue weighted by Gasteiger charge is 2.42. The molecular weight excluding hydrogens is 446 g/mol. The molecule has 0 fully saturated rings. The highest BCUT2D eigenvalue weighted by atomic mass is 19.3. The van der Waals surface area contributed by atoms with Crippen molar-refractivity contribution in [3.8, 4) is 0 Å². The van der Waals surface area contributed by atoms with Gasteiger partial charge in [-0.1, -0.05) is 6.08 Å². The van der Waals surface area contributed by atoms with E-state index in [0.717, 1.165) is 36.1 Å². The molecule has 0 unspecified atom stereocenters. The zero-order chi connectivity index (χ0) is 24.8. The predicted octanol–water partition coefficient (Wildman–Crippen LogP) is 3.49. The van der Waals surface area contributed by atoms with Crippen molar-refractivity contribution in [2.75, 3.05) is 53.7 Å². The van der Waals surface area contributed by atoms with Crippen LogP contribution >= 0.6 is 0 Å². The molecule has 2 heterocycles. The van der Waals surface area contributed by atoms with Gasteiger partial charge in [0.1, 0.15) is 13.2 Å². The molecule has 0 aromatic carbocycles. The first-order valence-corrected chi connectivity index (χ1v) is 12.1. The maximum absolute atomic E-state index is 14.2. The zero-order valence-corrected chi connectivity index (χ0v) is 20.8. The molecular formula is C24H38F2N4O4. The number of likely N-dealkylation sites (N-methyl/N-ethyl adjacent to an activating group) is 1. The number of alkyl halides is 2. The minimum atomic E-state index is -2.77. The van der Waals surface area contributed by atoms with Crippen molar-refractivity contribution >= 4 is 11.7 Å². The fraction of sp³-hybridized carbons (Fsp3) is 0.750. The van der Waals surface area contributed by atoms with E-state index >= 15 is 0 Å². The Kier molecular flexibility index (Phi) is 9.06. The van der Waals surface area contributed by atoms with E-state index in [0.29, 0.717) is 45.2 Å². The summed E-state index contributed by atoms with van der Waals surface area (Å²) >= 11 is 0. The van der Waals surface area contributed by atoms with Gasteiger partial charge in [-0.2, -0.15) is 5.10 Å². The average Bonchev–Trinajstić information content (AvgIpc) is 3.27. The smallest absolute Gasteiger partial charge is 0.406 e. The van der Waals surface area contributed by atoms with Gasteiger partial charge in [-0.25, -0.2) is 13.6 Å². The fourth-order valence-electron chi connectivity index (χ4n) is 4.68. The number of nitrogens with zero attached hydrogens (tertiary/aromatic N) is 3. The summed E-state index contributed by atoms with van der Waals surface area (Å²) in [6.45, 7) is 7.36. The molecule has 1 aromatic heterocycles. The molecule has 3 rings (SSSR count). The molecule has 1 aliphatic carbocycles. The minimum absolute atomic E-state index is 0.0933. The van der Waals surface area contributed by atoms with Crippen molar-refractivity contribution in [1.29, 1.82) is 0 Å². The lowest BCUT2D eigenvalue weighted by molar-refractivity contribution is -0.0210. The number of hydrogen-bond donors (Lipinski definition) is 1. The van der Waals surface area contributed by atoms with Gasteiger partial charge in [-0.15, -0.1) is 0 Å². The van der Waals surface area contributed by atoms with E-state index in [-0.39, 0.29) is 25.0 Å². The van der Waals surface area contributed by atoms with Crippen molar-refractivity contribution in [3.63, 3.8) is 0 Å². The second kappa shape index (κ2) is 11.6. The Hall–Kier alpha value is -2.04. The Balaban J connectivity index is 1.80. The molecule has 10 heteroatoms. The monoisotopic (exact) mass is 484 g/mol. The van der Waals surface area contributed by atoms with Crippen LogP contribution in [0.15, 0.2) is 6.08 Å². The van der Waals surface area contributed by atoms with Crippen molar-refractivity contribution in [3.05, 3.63) is 23.0 Å². The van der Waals surface area contributed by atoms with Crippen LogP contribution < -0.4 is 5.32 Å². The van der Waals surface area contributed by atoms with Gasteiger partial charge in [0.05, 0.1) is 31.0 Å². The molecule has 2 aliphatic rings. The number of fused-ring (bicyclic) bond motifs is 1. The van der Waals surface area contributed by atoms with Gasteiger partial charge in [0.15, 0.2) is 0 Å². The molecule has 0 radical (unpaired) electrons. The molecule has 1 aliphatic heterocycles. The minimum Gasteiger partial charge on any atom is -0.448 e. The van der Waals surface area contributed by atoms with Crippen LogP contribution in [0.2, 0.25) is 0 Å². The number of aromatic nitrogens is 2. The van der Waals surface area contributed by atoms with Crippen LogP contribution in [0, 0.1) is 5.41 Å². The van der Waals surface area contributed by atoms with Crippen molar-refractivity contribution in [2.24, 2.45) is 5.41 Å². The second-order valence-corrected chi connectivity index (χ2v) is 9.29. The van der Waals surface area contributed by atoms with E-state index in [1.54, 1.807) is 0 Å². The third kappa shape index (κ3) is 6.55. The number of rotatable bonds is 12. The average molecular weight is 485 g/mol. The summed E-state index contributed by atoms with van der Waals surface area (Å²) in [5.74, 6) is -2.77. The summed E-state index contributed by atoms with van der Waals surface area (Å²) in [5.41, 5.74) is 3.25. The van der Waals surface area contributed by atoms with E-state index in [1.807, 2.05) is 25.8 Å². The first-order chi connectivity index (χ1) is 16.2. The van der Waals surface area contributed by atoms with E-state index < -0.39 is 12.0 Å². The molecule has 192 valence electrons. The molecule has 0 saturated carbocycles. The maximum Gasteiger partial charge on any atom is 0.406 e. The SMILES string of the molecule is CCOCC1(COCC)CC=C(c2c(CN(C)CCOC(=O)NC)nn3c2CC(F)(F)C3)CC1. The number of allylic oxidation sites excluding steroid dienone is 2. The number of halogens is 2. The highest BCUT2D eigenvalue weighted by Crippen LogP contribution is 2.43. The number of carbonyl (C=O) groups is 1. The quantitative estimate of drug-likeness (QED) is 0.490. The summed E-state index contributed by atoms with van der Waals surface area (Å²) < 4.78 is 46.5. The Morgan fingerprint density at radius 3 is 2.56 bits per heavy atom. The molecule has 0 spiro atoms. The lowest BCUT2D eigenvalue weighted by Crippen LogP contribution is -2.34. The van der Waals surface area contributed by atoms with Crippen molar-refractivity contribution < 1.29 is 27.8 Å². The summed E-state index contributed by atoms with van der Waals surface area (Å²) in [7, 11) is 3.41. The van der Waals surface area contributed by atoms with Crippen LogP contribution in [0.4, 0.5) is 13.6 Å². The molecule has 34 heavy (non-hydrogen) atoms. The van der Waals surface area contributed by atoms with Crippen molar-refractivity contribution in [2.45, 2.75) is 58.5 Å². The van der Waals surface area contributed by atoms with Gasteiger partial charge < -0.3 is 19.5 Å². The Labute approximate surface area is 200 Å². The standard InChI is InChI=1S/C24H38F2N4O4/c1-5-32-16-23(17-33-6-2)9-7-18(8-10-23)21-19(14-29(4)11-12-34-22(31)27-3)28-30-15-24(25,26)13-20(21)30/h7H,5-6,8-17H2,1-4H3,(H,27,31). The molecule has 1 aromatic rings. The van der Waals surface area contributed by atoms with Gasteiger partial charge >= 0.3 is 6.09 Å². The number of alkyl carbamates (subject to hydrolysis) is 1. The van der Waals surface area contributed by atoms with E-state index in [1.165, 1.54) is 11.7 Å². The van der Waals surface area contributed by atoms with Gasteiger partial charge in [-0.05, 0) is 45.7 Å². The van der Waals surface area contributed by atoms with Crippen molar-refractivity contribution in [1.82, 2.24) is 20.0 Å². The van der Waals surface area contributed by atoms with E-state index in [9.17, 15) is 13.6 Å². The molecule has 8 nitrogen and oxygen atoms in total. The second-order valence-electron chi connectivity index (χ2n) is 9.29. The van der Waals surface area contributed by atoms with Gasteiger partial charge in [0.2, 0.25) is 0 Å². The first-order valence-electron chi connectivity index (χ1n) is 12.1. The van der Waals surface area contributed by atoms with Gasteiger partial charge in [-0.3, -0.25) is 9.58 Å². The van der Waals surface area contributed by atoms with Gasteiger partial charge in [0.25, 0.3) is 5.92 Å². The van der Waals surface area contributed by atoms with Crippen LogP contribution in [0.1, 0.15) is 50.1 Å². The number of ether oxygens (including phenoxy) is 3. The Bertz CT molecular complexity index is 863. The van der Waals surface area contributed by atoms with Crippen LogP contribution in [-0.2, 0) is 33.7 Å². The van der Waals surface area contributed by atoms with Crippen LogP contribution in [0.25, 0.3) is 5.57 Å². The summed E-state index contributed by atoms with van der Waals surface area (Å²) in [4.78, 5) is 13.3. The Morgan fingerprint density at radius 2 is 1.97 bits per heavy atom. The summed E-state index contributed by atoms with van der Waals surface area (Å²) in [6, 6.07) is 0. The predicted molar refractivity (Wildman–Crippen MR) is 125 cm³/mol. The lowest BCUT2D eigenvalue weighted by atomic mass is 9.74. The lowest BCUT2D eigenvalue weighted by Gasteiger charge is -2.36. The third-order valence-electron chi connectivity index (χ3n) is 6.52. The third-order valence-corrected chi connectivity index (χ3v) is 6.52.